The number of nitrogens with zero attached hydrogens (tertiary/aromatic N) is 2. The number of nitrogens with one attached hydrogen (secondary N) is 2. The van der Waals surface area contributed by atoms with Crippen molar-refractivity contribution < 1.29 is 13.2 Å². The molecule has 25 heavy (non-hydrogen) atoms. The van der Waals surface area contributed by atoms with Crippen LogP contribution >= 0.6 is 0 Å². The summed E-state index contributed by atoms with van der Waals surface area (Å²) in [5, 5.41) is 3.30. The summed E-state index contributed by atoms with van der Waals surface area (Å²) in [6.07, 6.45) is 2.21. The molecule has 1 aromatic carbocycles. The Balaban J connectivity index is 1.50. The number of hydrogen-bond donors (Lipinski definition) is 2. The zero-order chi connectivity index (χ0) is 17.7. The highest BCUT2D eigenvalue weighted by molar-refractivity contribution is 7.89. The Labute approximate surface area is 149 Å². The first-order chi connectivity index (χ1) is 12.1. The molecule has 0 bridgehead atoms. The summed E-state index contributed by atoms with van der Waals surface area (Å²) in [4.78, 5) is 16.0. The van der Waals surface area contributed by atoms with E-state index in [-0.39, 0.29) is 10.8 Å². The number of piperazine rings is 1. The van der Waals surface area contributed by atoms with Gasteiger partial charge in [-0.1, -0.05) is 0 Å². The van der Waals surface area contributed by atoms with Crippen LogP contribution in [0.15, 0.2) is 29.2 Å². The molecule has 2 N–H and O–H groups in total. The number of benzene rings is 1. The van der Waals surface area contributed by atoms with Crippen molar-refractivity contribution in [2.24, 2.45) is 0 Å². The summed E-state index contributed by atoms with van der Waals surface area (Å²) in [7, 11) is -3.50. The normalized spacial score (nSPS) is 19.5. The molecule has 8 heteroatoms. The average molecular weight is 366 g/mol. The fourth-order valence-electron chi connectivity index (χ4n) is 3.25. The van der Waals surface area contributed by atoms with Crippen molar-refractivity contribution in [2.75, 3.05) is 50.7 Å². The van der Waals surface area contributed by atoms with Crippen LogP contribution in [-0.2, 0) is 14.8 Å². The van der Waals surface area contributed by atoms with Crippen LogP contribution < -0.4 is 14.9 Å². The molecule has 0 unspecified atom stereocenters. The molecule has 0 aromatic heterocycles. The molecular weight excluding hydrogens is 340 g/mol. The fourth-order valence-corrected chi connectivity index (χ4v) is 4.33. The van der Waals surface area contributed by atoms with Crippen molar-refractivity contribution in [3.8, 4) is 0 Å². The second kappa shape index (κ2) is 8.27. The van der Waals surface area contributed by atoms with Crippen LogP contribution in [0.4, 0.5) is 5.69 Å². The van der Waals surface area contributed by atoms with E-state index in [4.69, 9.17) is 0 Å². The van der Waals surface area contributed by atoms with Crippen molar-refractivity contribution in [3.05, 3.63) is 24.3 Å². The van der Waals surface area contributed by atoms with Gasteiger partial charge in [0.2, 0.25) is 15.9 Å². The van der Waals surface area contributed by atoms with Crippen LogP contribution in [0.3, 0.4) is 0 Å². The second-order valence-electron chi connectivity index (χ2n) is 6.49. The van der Waals surface area contributed by atoms with Gasteiger partial charge in [0.25, 0.3) is 0 Å². The minimum Gasteiger partial charge on any atom is -0.314 e. The summed E-state index contributed by atoms with van der Waals surface area (Å²) in [6, 6.07) is 6.55. The molecule has 2 aliphatic heterocycles. The van der Waals surface area contributed by atoms with Crippen molar-refractivity contribution in [3.63, 3.8) is 0 Å². The monoisotopic (exact) mass is 366 g/mol. The maximum atomic E-state index is 12.4. The molecule has 2 saturated heterocycles. The largest absolute Gasteiger partial charge is 0.314 e. The third-order valence-electron chi connectivity index (χ3n) is 4.68. The average Bonchev–Trinajstić information content (AvgIpc) is 3.06. The minimum absolute atomic E-state index is 0.0987. The Kier molecular flexibility index (Phi) is 6.06. The molecule has 0 atom stereocenters. The van der Waals surface area contributed by atoms with Crippen LogP contribution in [0.5, 0.6) is 0 Å². The van der Waals surface area contributed by atoms with Gasteiger partial charge in [0.15, 0.2) is 0 Å². The zero-order valence-electron chi connectivity index (χ0n) is 14.4. The molecule has 1 aromatic rings. The maximum absolute atomic E-state index is 12.4. The van der Waals surface area contributed by atoms with Gasteiger partial charge < -0.3 is 15.1 Å². The molecule has 0 saturated carbocycles. The number of rotatable bonds is 7. The van der Waals surface area contributed by atoms with Gasteiger partial charge in [-0.2, -0.15) is 0 Å². The Morgan fingerprint density at radius 2 is 1.80 bits per heavy atom. The third kappa shape index (κ3) is 4.78. The van der Waals surface area contributed by atoms with Gasteiger partial charge >= 0.3 is 0 Å². The van der Waals surface area contributed by atoms with Crippen molar-refractivity contribution in [1.29, 1.82) is 0 Å². The van der Waals surface area contributed by atoms with E-state index in [0.717, 1.165) is 51.3 Å². The van der Waals surface area contributed by atoms with Crippen molar-refractivity contribution >= 4 is 21.6 Å². The highest BCUT2D eigenvalue weighted by Gasteiger charge is 2.22. The van der Waals surface area contributed by atoms with Crippen LogP contribution in [0.2, 0.25) is 0 Å². The molecule has 7 nitrogen and oxygen atoms in total. The predicted octanol–water partition coefficient (Wildman–Crippen LogP) is 0.387. The molecule has 0 aliphatic carbocycles. The SMILES string of the molecule is O=C1CCCN1c1ccc(S(=O)(=O)NCCCN2CCNCC2)cc1. The van der Waals surface area contributed by atoms with Gasteiger partial charge in [0, 0.05) is 51.4 Å². The lowest BCUT2D eigenvalue weighted by Gasteiger charge is -2.27. The number of amides is 1. The van der Waals surface area contributed by atoms with Gasteiger partial charge in [-0.05, 0) is 43.7 Å². The first-order valence-electron chi connectivity index (χ1n) is 8.89. The highest BCUT2D eigenvalue weighted by atomic mass is 32.2. The molecule has 1 amide bonds. The molecular formula is C17H26N4O3S. The van der Waals surface area contributed by atoms with Gasteiger partial charge in [-0.25, -0.2) is 13.1 Å². The lowest BCUT2D eigenvalue weighted by molar-refractivity contribution is -0.117. The van der Waals surface area contributed by atoms with Crippen LogP contribution in [-0.4, -0.2) is 65.0 Å². The number of anilines is 1. The van der Waals surface area contributed by atoms with E-state index in [1.807, 2.05) is 0 Å². The number of hydrogen-bond acceptors (Lipinski definition) is 5. The molecule has 3 rings (SSSR count). The summed E-state index contributed by atoms with van der Waals surface area (Å²) in [5.74, 6) is 0.0987. The molecule has 2 heterocycles. The second-order valence-corrected chi connectivity index (χ2v) is 8.25. The van der Waals surface area contributed by atoms with E-state index in [0.29, 0.717) is 19.5 Å². The van der Waals surface area contributed by atoms with Gasteiger partial charge in [0.05, 0.1) is 4.90 Å². The smallest absolute Gasteiger partial charge is 0.240 e. The Morgan fingerprint density at radius 3 is 2.44 bits per heavy atom. The third-order valence-corrected chi connectivity index (χ3v) is 6.16. The summed E-state index contributed by atoms with van der Waals surface area (Å²) in [5.41, 5.74) is 0.764. The number of carbonyl (C=O) groups excluding carboxylic acids is 1. The maximum Gasteiger partial charge on any atom is 0.240 e. The van der Waals surface area contributed by atoms with Crippen molar-refractivity contribution in [2.45, 2.75) is 24.2 Å². The lowest BCUT2D eigenvalue weighted by atomic mass is 10.3. The van der Waals surface area contributed by atoms with Crippen LogP contribution in [0, 0.1) is 0 Å². The van der Waals surface area contributed by atoms with Gasteiger partial charge in [-0.15, -0.1) is 0 Å². The molecule has 2 aliphatic rings. The van der Waals surface area contributed by atoms with E-state index in [9.17, 15) is 13.2 Å². The summed E-state index contributed by atoms with van der Waals surface area (Å²) >= 11 is 0. The zero-order valence-corrected chi connectivity index (χ0v) is 15.2. The first kappa shape index (κ1) is 18.3. The summed E-state index contributed by atoms with van der Waals surface area (Å²) < 4.78 is 27.4. The molecule has 138 valence electrons. The Morgan fingerprint density at radius 1 is 1.08 bits per heavy atom. The number of sulfonamides is 1. The van der Waals surface area contributed by atoms with E-state index >= 15 is 0 Å². The quantitative estimate of drug-likeness (QED) is 0.682. The summed E-state index contributed by atoms with van der Waals surface area (Å²) in [6.45, 7) is 6.07. The minimum atomic E-state index is -3.50. The Bertz CT molecular complexity index is 684. The predicted molar refractivity (Wildman–Crippen MR) is 97.1 cm³/mol. The Hall–Kier alpha value is -1.48. The molecule has 0 radical (unpaired) electrons. The lowest BCUT2D eigenvalue weighted by Crippen LogP contribution is -2.44. The first-order valence-corrected chi connectivity index (χ1v) is 10.4. The standard InChI is InChI=1S/C17H26N4O3S/c22-17-3-1-12-21(17)15-4-6-16(7-5-15)25(23,24)19-8-2-11-20-13-9-18-10-14-20/h4-7,18-19H,1-3,8-14H2. The van der Waals surface area contributed by atoms with Gasteiger partial charge in [0.1, 0.15) is 0 Å². The van der Waals surface area contributed by atoms with E-state index in [1.165, 1.54) is 0 Å². The van der Waals surface area contributed by atoms with Crippen LogP contribution in [0.25, 0.3) is 0 Å². The van der Waals surface area contributed by atoms with Crippen LogP contribution in [0.1, 0.15) is 19.3 Å². The highest BCUT2D eigenvalue weighted by Crippen LogP contribution is 2.22. The van der Waals surface area contributed by atoms with E-state index in [2.05, 4.69) is 14.9 Å². The number of carbonyl (C=O) groups is 1. The van der Waals surface area contributed by atoms with E-state index in [1.54, 1.807) is 29.2 Å². The fraction of sp³-hybridized carbons (Fsp3) is 0.588. The molecule has 2 fully saturated rings. The van der Waals surface area contributed by atoms with Crippen molar-refractivity contribution in [1.82, 2.24) is 14.9 Å². The van der Waals surface area contributed by atoms with Gasteiger partial charge in [-0.3, -0.25) is 4.79 Å². The van der Waals surface area contributed by atoms with E-state index < -0.39 is 10.0 Å². The molecule has 0 spiro atoms. The topological polar surface area (TPSA) is 81.8 Å².